The molecule has 0 saturated carbocycles. The Morgan fingerprint density at radius 1 is 1.06 bits per heavy atom. The SMILES string of the molecule is CC1CN(c2nccnc2Oc2ccc(C(=O)C3=Nc4ccccc4CCC3)cc2)CC(=O)N1. The molecule has 3 heterocycles. The van der Waals surface area contributed by atoms with Crippen LogP contribution in [0.25, 0.3) is 0 Å². The number of Topliss-reactive ketones (excluding diaryl/α,β-unsaturated/α-hetero) is 1. The van der Waals surface area contributed by atoms with Gasteiger partial charge in [0, 0.05) is 30.5 Å². The van der Waals surface area contributed by atoms with E-state index in [1.807, 2.05) is 30.0 Å². The molecule has 172 valence electrons. The number of carbonyl (C=O) groups excluding carboxylic acids is 2. The quantitative estimate of drug-likeness (QED) is 0.587. The van der Waals surface area contributed by atoms with E-state index >= 15 is 0 Å². The van der Waals surface area contributed by atoms with E-state index in [0.29, 0.717) is 41.7 Å². The molecule has 5 rings (SSSR count). The molecule has 34 heavy (non-hydrogen) atoms. The van der Waals surface area contributed by atoms with Gasteiger partial charge in [0.05, 0.1) is 17.9 Å². The average Bonchev–Trinajstić information content (AvgIpc) is 3.06. The number of aryl methyl sites for hydroxylation is 1. The van der Waals surface area contributed by atoms with Crippen LogP contribution in [0.3, 0.4) is 0 Å². The first kappa shape index (κ1) is 21.8. The lowest BCUT2D eigenvalue weighted by atomic mass is 10.0. The summed E-state index contributed by atoms with van der Waals surface area (Å²) in [5.74, 6) is 1.21. The first-order valence-electron chi connectivity index (χ1n) is 11.4. The number of aromatic nitrogens is 2. The molecular formula is C26H25N5O3. The Balaban J connectivity index is 1.34. The van der Waals surface area contributed by atoms with Gasteiger partial charge in [-0.05, 0) is 62.1 Å². The first-order chi connectivity index (χ1) is 16.6. The molecule has 1 amide bonds. The van der Waals surface area contributed by atoms with Crippen LogP contribution in [0.1, 0.15) is 35.7 Å². The van der Waals surface area contributed by atoms with E-state index < -0.39 is 0 Å². The van der Waals surface area contributed by atoms with Gasteiger partial charge in [0.2, 0.25) is 11.7 Å². The van der Waals surface area contributed by atoms with E-state index in [-0.39, 0.29) is 24.3 Å². The topological polar surface area (TPSA) is 96.8 Å². The summed E-state index contributed by atoms with van der Waals surface area (Å²) in [4.78, 5) is 40.3. The van der Waals surface area contributed by atoms with Crippen LogP contribution in [-0.4, -0.2) is 46.5 Å². The maximum Gasteiger partial charge on any atom is 0.263 e. The molecule has 1 saturated heterocycles. The largest absolute Gasteiger partial charge is 0.436 e. The Hall–Kier alpha value is -4.07. The van der Waals surface area contributed by atoms with Crippen molar-refractivity contribution in [2.24, 2.45) is 4.99 Å². The molecule has 0 spiro atoms. The minimum atomic E-state index is -0.0724. The minimum Gasteiger partial charge on any atom is -0.436 e. The average molecular weight is 456 g/mol. The number of nitrogens with one attached hydrogen (secondary N) is 1. The van der Waals surface area contributed by atoms with E-state index in [1.54, 1.807) is 36.7 Å². The van der Waals surface area contributed by atoms with Crippen LogP contribution in [0.5, 0.6) is 11.6 Å². The molecule has 1 N–H and O–H groups in total. The van der Waals surface area contributed by atoms with Crippen LogP contribution in [0, 0.1) is 0 Å². The van der Waals surface area contributed by atoms with Crippen molar-refractivity contribution in [2.75, 3.05) is 18.0 Å². The molecule has 0 bridgehead atoms. The summed E-state index contributed by atoms with van der Waals surface area (Å²) in [6.07, 6.45) is 5.59. The zero-order valence-corrected chi connectivity index (χ0v) is 18.9. The highest BCUT2D eigenvalue weighted by Gasteiger charge is 2.26. The molecular weight excluding hydrogens is 430 g/mol. The lowest BCUT2D eigenvalue weighted by molar-refractivity contribution is -0.121. The second-order valence-electron chi connectivity index (χ2n) is 8.53. The monoisotopic (exact) mass is 455 g/mol. The third-order valence-electron chi connectivity index (χ3n) is 5.88. The number of anilines is 1. The van der Waals surface area contributed by atoms with Crippen molar-refractivity contribution in [3.63, 3.8) is 0 Å². The van der Waals surface area contributed by atoms with Crippen molar-refractivity contribution < 1.29 is 14.3 Å². The van der Waals surface area contributed by atoms with Crippen molar-refractivity contribution in [3.05, 3.63) is 72.1 Å². The number of carbonyl (C=O) groups is 2. The van der Waals surface area contributed by atoms with E-state index in [9.17, 15) is 9.59 Å². The van der Waals surface area contributed by atoms with Crippen molar-refractivity contribution in [3.8, 4) is 11.6 Å². The summed E-state index contributed by atoms with van der Waals surface area (Å²) >= 11 is 0. The maximum absolute atomic E-state index is 13.1. The standard InChI is InChI=1S/C26H25N5O3/c1-17-15-31(16-23(32)29-17)25-26(28-14-13-27-25)34-20-11-9-19(10-12-20)24(33)22-8-4-6-18-5-2-3-7-21(18)30-22/h2-3,5,7,9-14,17H,4,6,8,15-16H2,1H3,(H,29,32). The van der Waals surface area contributed by atoms with E-state index in [0.717, 1.165) is 18.5 Å². The van der Waals surface area contributed by atoms with Crippen molar-refractivity contribution in [2.45, 2.75) is 32.2 Å². The fraction of sp³-hybridized carbons (Fsp3) is 0.269. The number of amides is 1. The van der Waals surface area contributed by atoms with E-state index in [1.165, 1.54) is 5.56 Å². The number of aliphatic imine (C=N–C) groups is 1. The third-order valence-corrected chi connectivity index (χ3v) is 5.88. The number of fused-ring (bicyclic) bond motifs is 1. The van der Waals surface area contributed by atoms with Gasteiger partial charge in [-0.1, -0.05) is 18.2 Å². The van der Waals surface area contributed by atoms with Crippen LogP contribution in [0.2, 0.25) is 0 Å². The van der Waals surface area contributed by atoms with Crippen LogP contribution in [-0.2, 0) is 11.2 Å². The number of hydrogen-bond acceptors (Lipinski definition) is 7. The second-order valence-corrected chi connectivity index (χ2v) is 8.53. The van der Waals surface area contributed by atoms with Gasteiger partial charge in [-0.15, -0.1) is 0 Å². The van der Waals surface area contributed by atoms with Gasteiger partial charge < -0.3 is 15.0 Å². The van der Waals surface area contributed by atoms with Crippen LogP contribution >= 0.6 is 0 Å². The fourth-order valence-electron chi connectivity index (χ4n) is 4.30. The van der Waals surface area contributed by atoms with Crippen LogP contribution < -0.4 is 15.0 Å². The predicted octanol–water partition coefficient (Wildman–Crippen LogP) is 3.89. The predicted molar refractivity (Wildman–Crippen MR) is 129 cm³/mol. The molecule has 3 aromatic rings. The zero-order valence-electron chi connectivity index (χ0n) is 18.9. The number of piperazine rings is 1. The Kier molecular flexibility index (Phi) is 6.03. The third kappa shape index (κ3) is 4.66. The molecule has 1 atom stereocenters. The number of nitrogens with zero attached hydrogens (tertiary/aromatic N) is 4. The first-order valence-corrected chi connectivity index (χ1v) is 11.4. The van der Waals surface area contributed by atoms with Crippen molar-refractivity contribution in [1.82, 2.24) is 15.3 Å². The number of para-hydroxylation sites is 1. The highest BCUT2D eigenvalue weighted by Crippen LogP contribution is 2.30. The summed E-state index contributed by atoms with van der Waals surface area (Å²) < 4.78 is 5.99. The minimum absolute atomic E-state index is 0.000249. The number of ether oxygens (including phenoxy) is 1. The summed E-state index contributed by atoms with van der Waals surface area (Å²) in [5, 5.41) is 2.89. The summed E-state index contributed by atoms with van der Waals surface area (Å²) in [7, 11) is 0. The molecule has 2 aliphatic heterocycles. The van der Waals surface area contributed by atoms with E-state index in [4.69, 9.17) is 4.74 Å². The Morgan fingerprint density at radius 2 is 1.85 bits per heavy atom. The summed E-state index contributed by atoms with van der Waals surface area (Å²) in [6.45, 7) is 2.74. The number of hydrogen-bond donors (Lipinski definition) is 1. The second kappa shape index (κ2) is 9.43. The summed E-state index contributed by atoms with van der Waals surface area (Å²) in [5.41, 5.74) is 3.19. The zero-order chi connectivity index (χ0) is 23.5. The molecule has 2 aliphatic rings. The van der Waals surface area contributed by atoms with Gasteiger partial charge in [-0.3, -0.25) is 9.59 Å². The lowest BCUT2D eigenvalue weighted by Gasteiger charge is -2.32. The molecule has 8 heteroatoms. The van der Waals surface area contributed by atoms with Gasteiger partial charge in [0.25, 0.3) is 5.88 Å². The Bertz CT molecular complexity index is 1260. The van der Waals surface area contributed by atoms with Crippen molar-refractivity contribution >= 4 is 28.9 Å². The van der Waals surface area contributed by atoms with Gasteiger partial charge in [0.15, 0.2) is 5.82 Å². The molecule has 8 nitrogen and oxygen atoms in total. The molecule has 1 unspecified atom stereocenters. The Morgan fingerprint density at radius 3 is 2.68 bits per heavy atom. The van der Waals surface area contributed by atoms with Gasteiger partial charge in [0.1, 0.15) is 5.75 Å². The fourth-order valence-corrected chi connectivity index (χ4v) is 4.30. The summed E-state index contributed by atoms with van der Waals surface area (Å²) in [6, 6.07) is 14.9. The Labute approximate surface area is 197 Å². The van der Waals surface area contributed by atoms with Gasteiger partial charge in [-0.2, -0.15) is 0 Å². The highest BCUT2D eigenvalue weighted by molar-refractivity contribution is 6.46. The normalized spacial score (nSPS) is 17.8. The van der Waals surface area contributed by atoms with Crippen LogP contribution in [0.4, 0.5) is 11.5 Å². The van der Waals surface area contributed by atoms with Crippen LogP contribution in [0.15, 0.2) is 65.9 Å². The lowest BCUT2D eigenvalue weighted by Crippen LogP contribution is -2.53. The maximum atomic E-state index is 13.1. The highest BCUT2D eigenvalue weighted by atomic mass is 16.5. The smallest absolute Gasteiger partial charge is 0.263 e. The van der Waals surface area contributed by atoms with Gasteiger partial charge in [-0.25, -0.2) is 15.0 Å². The van der Waals surface area contributed by atoms with E-state index in [2.05, 4.69) is 26.3 Å². The van der Waals surface area contributed by atoms with Gasteiger partial charge >= 0.3 is 0 Å². The molecule has 1 fully saturated rings. The molecule has 0 aliphatic carbocycles. The molecule has 1 aromatic heterocycles. The molecule has 0 radical (unpaired) electrons. The van der Waals surface area contributed by atoms with Crippen molar-refractivity contribution in [1.29, 1.82) is 0 Å². The number of ketones is 1. The molecule has 2 aromatic carbocycles. The number of benzene rings is 2. The number of rotatable bonds is 5.